The second-order valence-corrected chi connectivity index (χ2v) is 5.07. The Morgan fingerprint density at radius 2 is 2.06 bits per heavy atom. The molecule has 96 valence electrons. The number of rotatable bonds is 4. The third kappa shape index (κ3) is 2.97. The average Bonchev–Trinajstić information content (AvgIpc) is 2.65. The SMILES string of the molecule is Cc1c(CNCc2cc(F)ccc2Br)cnn1C. The normalized spacial score (nSPS) is 10.9. The van der Waals surface area contributed by atoms with E-state index in [9.17, 15) is 4.39 Å². The fourth-order valence-electron chi connectivity index (χ4n) is 1.73. The minimum Gasteiger partial charge on any atom is -0.308 e. The Morgan fingerprint density at radius 3 is 2.72 bits per heavy atom. The Labute approximate surface area is 114 Å². The molecule has 5 heteroatoms. The quantitative estimate of drug-likeness (QED) is 0.941. The van der Waals surface area contributed by atoms with Gasteiger partial charge in [-0.1, -0.05) is 15.9 Å². The van der Waals surface area contributed by atoms with E-state index < -0.39 is 0 Å². The van der Waals surface area contributed by atoms with Crippen LogP contribution < -0.4 is 5.32 Å². The zero-order valence-corrected chi connectivity index (χ0v) is 12.0. The van der Waals surface area contributed by atoms with E-state index >= 15 is 0 Å². The van der Waals surface area contributed by atoms with Crippen LogP contribution in [0.4, 0.5) is 4.39 Å². The van der Waals surface area contributed by atoms with Crippen LogP contribution >= 0.6 is 15.9 Å². The van der Waals surface area contributed by atoms with Gasteiger partial charge in [0.2, 0.25) is 0 Å². The van der Waals surface area contributed by atoms with E-state index in [1.54, 1.807) is 6.07 Å². The van der Waals surface area contributed by atoms with Gasteiger partial charge in [-0.05, 0) is 30.7 Å². The summed E-state index contributed by atoms with van der Waals surface area (Å²) in [7, 11) is 1.92. The third-order valence-corrected chi connectivity index (χ3v) is 3.75. The van der Waals surface area contributed by atoms with Gasteiger partial charge in [-0.25, -0.2) is 4.39 Å². The summed E-state index contributed by atoms with van der Waals surface area (Å²) in [4.78, 5) is 0. The molecule has 0 aliphatic rings. The van der Waals surface area contributed by atoms with Crippen molar-refractivity contribution < 1.29 is 4.39 Å². The number of aryl methyl sites for hydroxylation is 1. The lowest BCUT2D eigenvalue weighted by Crippen LogP contribution is -2.13. The molecule has 1 aromatic heterocycles. The summed E-state index contributed by atoms with van der Waals surface area (Å²) >= 11 is 3.41. The Hall–Kier alpha value is -1.20. The third-order valence-electron chi connectivity index (χ3n) is 2.98. The first-order valence-electron chi connectivity index (χ1n) is 5.70. The van der Waals surface area contributed by atoms with Crippen molar-refractivity contribution in [1.82, 2.24) is 15.1 Å². The van der Waals surface area contributed by atoms with E-state index in [1.807, 2.05) is 24.9 Å². The topological polar surface area (TPSA) is 29.9 Å². The highest BCUT2D eigenvalue weighted by molar-refractivity contribution is 9.10. The molecule has 0 aliphatic heterocycles. The maximum Gasteiger partial charge on any atom is 0.123 e. The lowest BCUT2D eigenvalue weighted by atomic mass is 10.2. The van der Waals surface area contributed by atoms with Crippen molar-refractivity contribution >= 4 is 15.9 Å². The van der Waals surface area contributed by atoms with Gasteiger partial charge in [-0.3, -0.25) is 4.68 Å². The zero-order chi connectivity index (χ0) is 13.1. The molecule has 0 saturated heterocycles. The summed E-state index contributed by atoms with van der Waals surface area (Å²) in [5.74, 6) is -0.215. The van der Waals surface area contributed by atoms with Crippen LogP contribution in [0.15, 0.2) is 28.9 Å². The summed E-state index contributed by atoms with van der Waals surface area (Å²) in [6.07, 6.45) is 1.85. The molecule has 0 amide bonds. The first-order chi connectivity index (χ1) is 8.58. The van der Waals surface area contributed by atoms with Gasteiger partial charge in [0.15, 0.2) is 0 Å². The first-order valence-corrected chi connectivity index (χ1v) is 6.49. The number of nitrogens with one attached hydrogen (secondary N) is 1. The lowest BCUT2D eigenvalue weighted by molar-refractivity contribution is 0.619. The number of benzene rings is 1. The van der Waals surface area contributed by atoms with Gasteiger partial charge in [0.25, 0.3) is 0 Å². The van der Waals surface area contributed by atoms with Gasteiger partial charge in [0.1, 0.15) is 5.82 Å². The van der Waals surface area contributed by atoms with Gasteiger partial charge in [-0.2, -0.15) is 5.10 Å². The van der Waals surface area contributed by atoms with Crippen LogP contribution in [0.25, 0.3) is 0 Å². The second kappa shape index (κ2) is 5.63. The summed E-state index contributed by atoms with van der Waals surface area (Å²) in [6.45, 7) is 3.37. The van der Waals surface area contributed by atoms with Gasteiger partial charge < -0.3 is 5.32 Å². The minimum atomic E-state index is -0.215. The van der Waals surface area contributed by atoms with E-state index in [0.717, 1.165) is 27.8 Å². The molecular formula is C13H15BrFN3. The van der Waals surface area contributed by atoms with E-state index in [4.69, 9.17) is 0 Å². The van der Waals surface area contributed by atoms with Gasteiger partial charge in [0.05, 0.1) is 6.20 Å². The minimum absolute atomic E-state index is 0.215. The molecule has 0 aliphatic carbocycles. The first kappa shape index (κ1) is 13.2. The molecule has 3 nitrogen and oxygen atoms in total. The van der Waals surface area contributed by atoms with Crippen molar-refractivity contribution in [3.05, 3.63) is 51.5 Å². The van der Waals surface area contributed by atoms with Crippen LogP contribution in [-0.4, -0.2) is 9.78 Å². The maximum atomic E-state index is 13.1. The van der Waals surface area contributed by atoms with E-state index in [1.165, 1.54) is 12.1 Å². The molecule has 0 radical (unpaired) electrons. The molecule has 0 bridgehead atoms. The lowest BCUT2D eigenvalue weighted by Gasteiger charge is -2.07. The summed E-state index contributed by atoms with van der Waals surface area (Å²) < 4.78 is 15.9. The standard InChI is InChI=1S/C13H15BrFN3/c1-9-11(8-17-18(9)2)7-16-6-10-5-12(15)3-4-13(10)14/h3-5,8,16H,6-7H2,1-2H3. The fourth-order valence-corrected chi connectivity index (χ4v) is 2.12. The predicted molar refractivity (Wildman–Crippen MR) is 72.6 cm³/mol. The number of nitrogens with zero attached hydrogens (tertiary/aromatic N) is 2. The van der Waals surface area contributed by atoms with E-state index in [2.05, 4.69) is 26.3 Å². The maximum absolute atomic E-state index is 13.1. The van der Waals surface area contributed by atoms with E-state index in [0.29, 0.717) is 6.54 Å². The van der Waals surface area contributed by atoms with Crippen LogP contribution in [0.2, 0.25) is 0 Å². The second-order valence-electron chi connectivity index (χ2n) is 4.22. The average molecular weight is 312 g/mol. The molecule has 2 aromatic rings. The van der Waals surface area contributed by atoms with Crippen LogP contribution in [0.5, 0.6) is 0 Å². The molecule has 18 heavy (non-hydrogen) atoms. The highest BCUT2D eigenvalue weighted by atomic mass is 79.9. The zero-order valence-electron chi connectivity index (χ0n) is 10.4. The van der Waals surface area contributed by atoms with E-state index in [-0.39, 0.29) is 5.82 Å². The van der Waals surface area contributed by atoms with Crippen molar-refractivity contribution in [1.29, 1.82) is 0 Å². The Kier molecular flexibility index (Phi) is 4.14. The summed E-state index contributed by atoms with van der Waals surface area (Å²) in [5.41, 5.74) is 3.21. The number of aromatic nitrogens is 2. The molecule has 1 N–H and O–H groups in total. The largest absolute Gasteiger partial charge is 0.308 e. The van der Waals surface area contributed by atoms with Gasteiger partial charge >= 0.3 is 0 Å². The Morgan fingerprint density at radius 1 is 1.33 bits per heavy atom. The Bertz CT molecular complexity index is 551. The predicted octanol–water partition coefficient (Wildman–Crippen LogP) is 2.92. The summed E-state index contributed by atoms with van der Waals surface area (Å²) in [5, 5.41) is 7.47. The molecule has 1 aromatic carbocycles. The van der Waals surface area contributed by atoms with Crippen molar-refractivity contribution in [2.45, 2.75) is 20.0 Å². The van der Waals surface area contributed by atoms with Crippen molar-refractivity contribution in [2.75, 3.05) is 0 Å². The number of halogens is 2. The smallest absolute Gasteiger partial charge is 0.123 e. The molecule has 2 rings (SSSR count). The van der Waals surface area contributed by atoms with Crippen molar-refractivity contribution in [2.24, 2.45) is 7.05 Å². The number of hydrogen-bond donors (Lipinski definition) is 1. The number of hydrogen-bond acceptors (Lipinski definition) is 2. The highest BCUT2D eigenvalue weighted by Crippen LogP contribution is 2.17. The molecule has 0 fully saturated rings. The van der Waals surface area contributed by atoms with Crippen LogP contribution in [0.1, 0.15) is 16.8 Å². The molecule has 0 unspecified atom stereocenters. The molecule has 0 saturated carbocycles. The molecule has 0 atom stereocenters. The van der Waals surface area contributed by atoms with Crippen LogP contribution in [0, 0.1) is 12.7 Å². The highest BCUT2D eigenvalue weighted by Gasteiger charge is 2.05. The van der Waals surface area contributed by atoms with Gasteiger partial charge in [0, 0.05) is 35.9 Å². The fraction of sp³-hybridized carbons (Fsp3) is 0.308. The van der Waals surface area contributed by atoms with Crippen molar-refractivity contribution in [3.63, 3.8) is 0 Å². The van der Waals surface area contributed by atoms with Crippen LogP contribution in [-0.2, 0) is 20.1 Å². The van der Waals surface area contributed by atoms with Gasteiger partial charge in [-0.15, -0.1) is 0 Å². The molecule has 1 heterocycles. The molecular weight excluding hydrogens is 297 g/mol. The summed E-state index contributed by atoms with van der Waals surface area (Å²) in [6, 6.07) is 4.70. The van der Waals surface area contributed by atoms with Crippen LogP contribution in [0.3, 0.4) is 0 Å². The van der Waals surface area contributed by atoms with Crippen molar-refractivity contribution in [3.8, 4) is 0 Å². The monoisotopic (exact) mass is 311 g/mol. The Balaban J connectivity index is 1.96. The molecule has 0 spiro atoms.